The third-order valence-electron chi connectivity index (χ3n) is 2.43. The van der Waals surface area contributed by atoms with Crippen molar-refractivity contribution in [2.75, 3.05) is 20.3 Å². The standard InChI is InChI=1S/C11H25NO/c1-5-11(10(2)3)12-8-6-7-9-13-4/h10-12H,5-9H2,1-4H3. The summed E-state index contributed by atoms with van der Waals surface area (Å²) in [6, 6.07) is 0.683. The van der Waals surface area contributed by atoms with Gasteiger partial charge in [0.25, 0.3) is 0 Å². The first-order valence-electron chi connectivity index (χ1n) is 5.44. The molecular weight excluding hydrogens is 162 g/mol. The van der Waals surface area contributed by atoms with Crippen LogP contribution in [0, 0.1) is 5.92 Å². The lowest BCUT2D eigenvalue weighted by atomic mass is 10.0. The molecule has 0 aliphatic heterocycles. The molecule has 0 radical (unpaired) electrons. The summed E-state index contributed by atoms with van der Waals surface area (Å²) in [5.74, 6) is 0.743. The number of rotatable bonds is 8. The highest BCUT2D eigenvalue weighted by atomic mass is 16.5. The van der Waals surface area contributed by atoms with Gasteiger partial charge in [-0.25, -0.2) is 0 Å². The minimum Gasteiger partial charge on any atom is -0.385 e. The summed E-state index contributed by atoms with van der Waals surface area (Å²) in [6.45, 7) is 8.81. The molecule has 0 aromatic carbocycles. The molecule has 0 amide bonds. The Morgan fingerprint density at radius 3 is 2.38 bits per heavy atom. The molecule has 0 fully saturated rings. The zero-order valence-corrected chi connectivity index (χ0v) is 9.60. The molecule has 0 aromatic heterocycles. The Bertz CT molecular complexity index is 104. The maximum atomic E-state index is 4.99. The van der Waals surface area contributed by atoms with Gasteiger partial charge in [0.05, 0.1) is 0 Å². The Labute approximate surface area is 83.1 Å². The van der Waals surface area contributed by atoms with Crippen LogP contribution in [0.15, 0.2) is 0 Å². The van der Waals surface area contributed by atoms with Gasteiger partial charge in [-0.05, 0) is 31.7 Å². The largest absolute Gasteiger partial charge is 0.385 e. The number of unbranched alkanes of at least 4 members (excludes halogenated alkanes) is 1. The van der Waals surface area contributed by atoms with Gasteiger partial charge in [-0.2, -0.15) is 0 Å². The molecule has 1 N–H and O–H groups in total. The highest BCUT2D eigenvalue weighted by Crippen LogP contribution is 2.05. The van der Waals surface area contributed by atoms with E-state index in [0.29, 0.717) is 6.04 Å². The summed E-state index contributed by atoms with van der Waals surface area (Å²) in [4.78, 5) is 0. The van der Waals surface area contributed by atoms with Crippen molar-refractivity contribution in [3.05, 3.63) is 0 Å². The van der Waals surface area contributed by atoms with Crippen molar-refractivity contribution >= 4 is 0 Å². The summed E-state index contributed by atoms with van der Waals surface area (Å²) in [7, 11) is 1.76. The topological polar surface area (TPSA) is 21.3 Å². The van der Waals surface area contributed by atoms with Crippen LogP contribution in [0.3, 0.4) is 0 Å². The average Bonchev–Trinajstić information content (AvgIpc) is 2.10. The highest BCUT2D eigenvalue weighted by molar-refractivity contribution is 4.67. The van der Waals surface area contributed by atoms with Crippen LogP contribution in [-0.4, -0.2) is 26.3 Å². The fraction of sp³-hybridized carbons (Fsp3) is 1.00. The second kappa shape index (κ2) is 8.52. The predicted octanol–water partition coefficient (Wildman–Crippen LogP) is 2.44. The van der Waals surface area contributed by atoms with Crippen molar-refractivity contribution in [3.63, 3.8) is 0 Å². The molecule has 2 heteroatoms. The van der Waals surface area contributed by atoms with Gasteiger partial charge in [0.15, 0.2) is 0 Å². The molecule has 0 aliphatic carbocycles. The minimum atomic E-state index is 0.683. The Kier molecular flexibility index (Phi) is 8.46. The van der Waals surface area contributed by atoms with E-state index in [-0.39, 0.29) is 0 Å². The van der Waals surface area contributed by atoms with E-state index in [1.54, 1.807) is 7.11 Å². The fourth-order valence-electron chi connectivity index (χ4n) is 1.51. The number of ether oxygens (including phenoxy) is 1. The van der Waals surface area contributed by atoms with Crippen LogP contribution < -0.4 is 5.32 Å². The maximum absolute atomic E-state index is 4.99. The normalized spacial score (nSPS) is 13.6. The molecular formula is C11H25NO. The molecule has 2 nitrogen and oxygen atoms in total. The summed E-state index contributed by atoms with van der Waals surface area (Å²) in [5, 5.41) is 3.57. The molecule has 0 bridgehead atoms. The Morgan fingerprint density at radius 2 is 1.92 bits per heavy atom. The van der Waals surface area contributed by atoms with Crippen molar-refractivity contribution in [2.45, 2.75) is 46.1 Å². The first-order valence-corrected chi connectivity index (χ1v) is 5.44. The zero-order valence-electron chi connectivity index (χ0n) is 9.60. The predicted molar refractivity (Wildman–Crippen MR) is 58.0 cm³/mol. The zero-order chi connectivity index (χ0) is 10.1. The van der Waals surface area contributed by atoms with Gasteiger partial charge in [-0.3, -0.25) is 0 Å². The molecule has 0 heterocycles. The molecule has 0 aromatic rings. The second-order valence-electron chi connectivity index (χ2n) is 3.91. The van der Waals surface area contributed by atoms with Crippen LogP contribution >= 0.6 is 0 Å². The smallest absolute Gasteiger partial charge is 0.0462 e. The van der Waals surface area contributed by atoms with Gasteiger partial charge < -0.3 is 10.1 Å². The van der Waals surface area contributed by atoms with Crippen LogP contribution in [0.25, 0.3) is 0 Å². The van der Waals surface area contributed by atoms with Gasteiger partial charge in [0.2, 0.25) is 0 Å². The van der Waals surface area contributed by atoms with Crippen molar-refractivity contribution in [1.82, 2.24) is 5.32 Å². The Hall–Kier alpha value is -0.0800. The van der Waals surface area contributed by atoms with E-state index in [1.807, 2.05) is 0 Å². The van der Waals surface area contributed by atoms with Crippen LogP contribution in [0.4, 0.5) is 0 Å². The number of hydrogen-bond acceptors (Lipinski definition) is 2. The molecule has 0 aliphatic rings. The van der Waals surface area contributed by atoms with Crippen LogP contribution in [0.1, 0.15) is 40.0 Å². The van der Waals surface area contributed by atoms with Crippen LogP contribution in [0.2, 0.25) is 0 Å². The monoisotopic (exact) mass is 187 g/mol. The third kappa shape index (κ3) is 7.03. The minimum absolute atomic E-state index is 0.683. The van der Waals surface area contributed by atoms with Crippen LogP contribution in [-0.2, 0) is 4.74 Å². The number of nitrogens with one attached hydrogen (secondary N) is 1. The summed E-state index contributed by atoms with van der Waals surface area (Å²) in [5.41, 5.74) is 0. The van der Waals surface area contributed by atoms with Crippen molar-refractivity contribution in [2.24, 2.45) is 5.92 Å². The van der Waals surface area contributed by atoms with Crippen molar-refractivity contribution in [1.29, 1.82) is 0 Å². The first kappa shape index (κ1) is 12.9. The SMILES string of the molecule is CCC(NCCCCOC)C(C)C. The van der Waals surface area contributed by atoms with Gasteiger partial charge >= 0.3 is 0 Å². The molecule has 1 atom stereocenters. The quantitative estimate of drug-likeness (QED) is 0.589. The molecule has 0 spiro atoms. The molecule has 0 saturated heterocycles. The summed E-state index contributed by atoms with van der Waals surface area (Å²) >= 11 is 0. The fourth-order valence-corrected chi connectivity index (χ4v) is 1.51. The van der Waals surface area contributed by atoms with Crippen molar-refractivity contribution < 1.29 is 4.74 Å². The van der Waals surface area contributed by atoms with Gasteiger partial charge in [-0.1, -0.05) is 20.8 Å². The molecule has 80 valence electrons. The Morgan fingerprint density at radius 1 is 1.23 bits per heavy atom. The molecule has 13 heavy (non-hydrogen) atoms. The van der Waals surface area contributed by atoms with E-state index in [1.165, 1.54) is 12.8 Å². The summed E-state index contributed by atoms with van der Waals surface area (Å²) in [6.07, 6.45) is 3.61. The van der Waals surface area contributed by atoms with E-state index in [2.05, 4.69) is 26.1 Å². The first-order chi connectivity index (χ1) is 6.22. The third-order valence-corrected chi connectivity index (χ3v) is 2.43. The van der Waals surface area contributed by atoms with E-state index in [4.69, 9.17) is 4.74 Å². The highest BCUT2D eigenvalue weighted by Gasteiger charge is 2.08. The van der Waals surface area contributed by atoms with E-state index in [9.17, 15) is 0 Å². The maximum Gasteiger partial charge on any atom is 0.0462 e. The van der Waals surface area contributed by atoms with E-state index in [0.717, 1.165) is 25.5 Å². The van der Waals surface area contributed by atoms with Crippen molar-refractivity contribution in [3.8, 4) is 0 Å². The molecule has 0 saturated carbocycles. The van der Waals surface area contributed by atoms with E-state index < -0.39 is 0 Å². The van der Waals surface area contributed by atoms with Gasteiger partial charge in [0.1, 0.15) is 0 Å². The molecule has 1 unspecified atom stereocenters. The lowest BCUT2D eigenvalue weighted by Gasteiger charge is -2.20. The Balaban J connectivity index is 3.28. The lowest BCUT2D eigenvalue weighted by molar-refractivity contribution is 0.192. The number of hydrogen-bond donors (Lipinski definition) is 1. The average molecular weight is 187 g/mol. The van der Waals surface area contributed by atoms with Gasteiger partial charge in [-0.15, -0.1) is 0 Å². The van der Waals surface area contributed by atoms with E-state index >= 15 is 0 Å². The molecule has 0 rings (SSSR count). The summed E-state index contributed by atoms with van der Waals surface area (Å²) < 4.78 is 4.99. The lowest BCUT2D eigenvalue weighted by Crippen LogP contribution is -2.33. The van der Waals surface area contributed by atoms with Crippen LogP contribution in [0.5, 0.6) is 0 Å². The van der Waals surface area contributed by atoms with Gasteiger partial charge in [0, 0.05) is 19.8 Å². The second-order valence-corrected chi connectivity index (χ2v) is 3.91. The number of methoxy groups -OCH3 is 1.